The number of ether oxygens (including phenoxy) is 2. The highest BCUT2D eigenvalue weighted by molar-refractivity contribution is 9.10. The van der Waals surface area contributed by atoms with Gasteiger partial charge in [-0.3, -0.25) is 0 Å². The average molecular weight is 385 g/mol. The molecule has 0 fully saturated rings. The SMILES string of the molecule is CCOc1cc([C@H]2NC(=O)NC(C)=C2C(=O)OC)cc(Br)c1O. The molecule has 7 nitrogen and oxygen atoms in total. The summed E-state index contributed by atoms with van der Waals surface area (Å²) in [5.41, 5.74) is 1.27. The third kappa shape index (κ3) is 3.42. The normalized spacial score (nSPS) is 17.4. The predicted octanol–water partition coefficient (Wildman–Crippen LogP) is 2.35. The zero-order valence-corrected chi connectivity index (χ0v) is 14.5. The quantitative estimate of drug-likeness (QED) is 0.692. The fourth-order valence-electron chi connectivity index (χ4n) is 2.35. The fourth-order valence-corrected chi connectivity index (χ4v) is 2.81. The van der Waals surface area contributed by atoms with Crippen molar-refractivity contribution >= 4 is 27.9 Å². The molecule has 1 aromatic rings. The number of nitrogens with one attached hydrogen (secondary N) is 2. The number of hydrogen-bond acceptors (Lipinski definition) is 5. The largest absolute Gasteiger partial charge is 0.503 e. The lowest BCUT2D eigenvalue weighted by Gasteiger charge is -2.28. The van der Waals surface area contributed by atoms with Crippen molar-refractivity contribution in [2.45, 2.75) is 19.9 Å². The molecule has 0 aromatic heterocycles. The van der Waals surface area contributed by atoms with Crippen LogP contribution in [0.3, 0.4) is 0 Å². The maximum absolute atomic E-state index is 12.1. The lowest BCUT2D eigenvalue weighted by atomic mass is 9.95. The molecule has 0 bridgehead atoms. The van der Waals surface area contributed by atoms with Gasteiger partial charge in [0.25, 0.3) is 0 Å². The van der Waals surface area contributed by atoms with Crippen LogP contribution in [0.1, 0.15) is 25.5 Å². The number of phenolic OH excluding ortho intramolecular Hbond substituents is 1. The van der Waals surface area contributed by atoms with Gasteiger partial charge in [-0.2, -0.15) is 0 Å². The molecular weight excluding hydrogens is 368 g/mol. The highest BCUT2D eigenvalue weighted by Gasteiger charge is 2.32. The Bertz CT molecular complexity index is 687. The van der Waals surface area contributed by atoms with Crippen LogP contribution in [0.15, 0.2) is 27.9 Å². The van der Waals surface area contributed by atoms with E-state index in [4.69, 9.17) is 9.47 Å². The van der Waals surface area contributed by atoms with E-state index in [0.29, 0.717) is 22.3 Å². The van der Waals surface area contributed by atoms with Gasteiger partial charge in [0.05, 0.1) is 29.8 Å². The first-order valence-electron chi connectivity index (χ1n) is 6.90. The Kier molecular flexibility index (Phi) is 5.15. The van der Waals surface area contributed by atoms with E-state index in [2.05, 4.69) is 26.6 Å². The van der Waals surface area contributed by atoms with Crippen molar-refractivity contribution in [3.05, 3.63) is 33.4 Å². The molecule has 3 N–H and O–H groups in total. The number of carbonyl (C=O) groups is 2. The summed E-state index contributed by atoms with van der Waals surface area (Å²) in [7, 11) is 1.27. The number of esters is 1. The van der Waals surface area contributed by atoms with E-state index in [-0.39, 0.29) is 17.1 Å². The van der Waals surface area contributed by atoms with Crippen LogP contribution in [-0.2, 0) is 9.53 Å². The van der Waals surface area contributed by atoms with E-state index in [1.54, 1.807) is 26.0 Å². The number of urea groups is 1. The first-order valence-corrected chi connectivity index (χ1v) is 7.70. The van der Waals surface area contributed by atoms with Crippen molar-refractivity contribution in [1.29, 1.82) is 0 Å². The van der Waals surface area contributed by atoms with Crippen LogP contribution in [0, 0.1) is 0 Å². The number of phenols is 1. The first-order chi connectivity index (χ1) is 10.9. The zero-order valence-electron chi connectivity index (χ0n) is 12.9. The van der Waals surface area contributed by atoms with Gasteiger partial charge in [0, 0.05) is 5.70 Å². The number of halogens is 1. The molecular formula is C15H17BrN2O5. The number of methoxy groups -OCH3 is 1. The van der Waals surface area contributed by atoms with E-state index in [1.165, 1.54) is 7.11 Å². The predicted molar refractivity (Wildman–Crippen MR) is 86.1 cm³/mol. The molecule has 0 saturated heterocycles. The Morgan fingerprint density at radius 2 is 2.13 bits per heavy atom. The van der Waals surface area contributed by atoms with Gasteiger partial charge in [-0.25, -0.2) is 9.59 Å². The number of carbonyl (C=O) groups excluding carboxylic acids is 2. The second kappa shape index (κ2) is 6.91. The maximum atomic E-state index is 12.1. The molecule has 8 heteroatoms. The van der Waals surface area contributed by atoms with E-state index in [1.807, 2.05) is 0 Å². The topological polar surface area (TPSA) is 96.9 Å². The smallest absolute Gasteiger partial charge is 0.337 e. The van der Waals surface area contributed by atoms with Gasteiger partial charge in [-0.1, -0.05) is 0 Å². The fraction of sp³-hybridized carbons (Fsp3) is 0.333. The van der Waals surface area contributed by atoms with E-state index < -0.39 is 18.0 Å². The van der Waals surface area contributed by atoms with Crippen molar-refractivity contribution < 1.29 is 24.2 Å². The van der Waals surface area contributed by atoms with Crippen LogP contribution in [0.4, 0.5) is 4.79 Å². The van der Waals surface area contributed by atoms with Crippen LogP contribution >= 0.6 is 15.9 Å². The van der Waals surface area contributed by atoms with Crippen LogP contribution in [-0.4, -0.2) is 30.8 Å². The molecule has 1 aromatic carbocycles. The van der Waals surface area contributed by atoms with Gasteiger partial charge in [-0.05, 0) is 47.5 Å². The molecule has 1 heterocycles. The van der Waals surface area contributed by atoms with E-state index in [9.17, 15) is 14.7 Å². The van der Waals surface area contributed by atoms with Crippen LogP contribution in [0.5, 0.6) is 11.5 Å². The monoisotopic (exact) mass is 384 g/mol. The molecule has 2 rings (SSSR count). The minimum atomic E-state index is -0.715. The first kappa shape index (κ1) is 17.1. The third-order valence-corrected chi connectivity index (χ3v) is 3.96. The minimum absolute atomic E-state index is 0.0452. The molecule has 2 amide bonds. The summed E-state index contributed by atoms with van der Waals surface area (Å²) in [5.74, 6) is -0.343. The summed E-state index contributed by atoms with van der Waals surface area (Å²) < 4.78 is 10.6. The third-order valence-electron chi connectivity index (χ3n) is 3.36. The van der Waals surface area contributed by atoms with Crippen molar-refractivity contribution in [2.75, 3.05) is 13.7 Å². The summed E-state index contributed by atoms with van der Waals surface area (Å²) in [6, 6.07) is 2.05. The molecule has 0 radical (unpaired) electrons. The summed E-state index contributed by atoms with van der Waals surface area (Å²) in [6.45, 7) is 3.77. The number of rotatable bonds is 4. The number of allylic oxidation sites excluding steroid dienone is 1. The second-order valence-electron chi connectivity index (χ2n) is 4.84. The lowest BCUT2D eigenvalue weighted by Crippen LogP contribution is -2.45. The minimum Gasteiger partial charge on any atom is -0.503 e. The Balaban J connectivity index is 2.56. The second-order valence-corrected chi connectivity index (χ2v) is 5.70. The Hall–Kier alpha value is -2.22. The van der Waals surface area contributed by atoms with Gasteiger partial charge >= 0.3 is 12.0 Å². The molecule has 1 aliphatic rings. The molecule has 0 aliphatic carbocycles. The van der Waals surface area contributed by atoms with Crippen molar-refractivity contribution in [1.82, 2.24) is 10.6 Å². The number of aromatic hydroxyl groups is 1. The maximum Gasteiger partial charge on any atom is 0.337 e. The molecule has 1 aliphatic heterocycles. The van der Waals surface area contributed by atoms with E-state index >= 15 is 0 Å². The van der Waals surface area contributed by atoms with Crippen molar-refractivity contribution in [3.8, 4) is 11.5 Å². The van der Waals surface area contributed by atoms with E-state index in [0.717, 1.165) is 0 Å². The molecule has 0 spiro atoms. The van der Waals surface area contributed by atoms with Gasteiger partial charge in [0.2, 0.25) is 0 Å². The summed E-state index contributed by atoms with van der Waals surface area (Å²) in [6.07, 6.45) is 0. The highest BCUT2D eigenvalue weighted by atomic mass is 79.9. The van der Waals surface area contributed by atoms with Crippen molar-refractivity contribution in [3.63, 3.8) is 0 Å². The Morgan fingerprint density at radius 1 is 1.43 bits per heavy atom. The van der Waals surface area contributed by atoms with Gasteiger partial charge in [0.1, 0.15) is 0 Å². The van der Waals surface area contributed by atoms with Gasteiger partial charge in [0.15, 0.2) is 11.5 Å². The standard InChI is InChI=1S/C15H17BrN2O5/c1-4-23-10-6-8(5-9(16)13(10)19)12-11(14(20)22-3)7(2)17-15(21)18-12/h5-6,12,19H,4H2,1-3H3,(H2,17,18,21)/t12-/m1/s1. The average Bonchev–Trinajstić information content (AvgIpc) is 2.50. The molecule has 0 saturated carbocycles. The number of hydrogen-bond donors (Lipinski definition) is 3. The van der Waals surface area contributed by atoms with Gasteiger partial charge < -0.3 is 25.2 Å². The molecule has 23 heavy (non-hydrogen) atoms. The number of amides is 2. The number of benzene rings is 1. The molecule has 0 unspecified atom stereocenters. The van der Waals surface area contributed by atoms with Crippen LogP contribution < -0.4 is 15.4 Å². The molecule has 1 atom stereocenters. The van der Waals surface area contributed by atoms with Gasteiger partial charge in [-0.15, -0.1) is 0 Å². The van der Waals surface area contributed by atoms with Crippen LogP contribution in [0.2, 0.25) is 0 Å². The summed E-state index contributed by atoms with van der Waals surface area (Å²) in [4.78, 5) is 23.8. The summed E-state index contributed by atoms with van der Waals surface area (Å²) in [5, 5.41) is 15.2. The summed E-state index contributed by atoms with van der Waals surface area (Å²) >= 11 is 3.25. The highest BCUT2D eigenvalue weighted by Crippen LogP contribution is 2.39. The zero-order chi connectivity index (χ0) is 17.1. The van der Waals surface area contributed by atoms with Crippen LogP contribution in [0.25, 0.3) is 0 Å². The van der Waals surface area contributed by atoms with Crippen molar-refractivity contribution in [2.24, 2.45) is 0 Å². The molecule has 124 valence electrons. The Labute approximate surface area is 141 Å². The lowest BCUT2D eigenvalue weighted by molar-refractivity contribution is -0.136. The Morgan fingerprint density at radius 3 is 2.74 bits per heavy atom.